The second kappa shape index (κ2) is 15.9. The molecule has 2 heterocycles. The first-order valence-corrected chi connectivity index (χ1v) is 18.9. The van der Waals surface area contributed by atoms with Crippen molar-refractivity contribution in [3.63, 3.8) is 0 Å². The van der Waals surface area contributed by atoms with Gasteiger partial charge in [-0.05, 0) is 87.3 Å². The summed E-state index contributed by atoms with van der Waals surface area (Å²) in [7, 11) is -0.729. The van der Waals surface area contributed by atoms with E-state index in [1.807, 2.05) is 6.07 Å². The summed E-state index contributed by atoms with van der Waals surface area (Å²) < 4.78 is 95.3. The van der Waals surface area contributed by atoms with Crippen LogP contribution < -0.4 is 19.9 Å². The third kappa shape index (κ3) is 7.85. The molecule has 7 rings (SSSR count). The zero-order valence-corrected chi connectivity index (χ0v) is 32.0. The SMILES string of the molecule is COc1ccc(CN(Cc2ccc(OC)cc2)S(=O)(=O)c2c(C(F)(F)F)ccc(-c3cc(C#N)cc4nc(N)[nH]c34)c2-c2nnnn2Cc2ccc(OC)cc2)cc1. The van der Waals surface area contributed by atoms with Crippen LogP contribution in [0.1, 0.15) is 27.8 Å². The lowest BCUT2D eigenvalue weighted by molar-refractivity contribution is -0.139. The lowest BCUT2D eigenvalue weighted by atomic mass is 9.94. The molecule has 0 saturated heterocycles. The largest absolute Gasteiger partial charge is 0.497 e. The summed E-state index contributed by atoms with van der Waals surface area (Å²) in [4.78, 5) is 6.06. The second-order valence-electron chi connectivity index (χ2n) is 13.0. The minimum Gasteiger partial charge on any atom is -0.497 e. The van der Waals surface area contributed by atoms with E-state index >= 15 is 21.6 Å². The van der Waals surface area contributed by atoms with Gasteiger partial charge in [0, 0.05) is 24.2 Å². The van der Waals surface area contributed by atoms with Crippen molar-refractivity contribution < 1.29 is 35.8 Å². The number of nitrogens with one attached hydrogen (secondary N) is 1. The number of methoxy groups -OCH3 is 3. The summed E-state index contributed by atoms with van der Waals surface area (Å²) in [5.41, 5.74) is 6.30. The molecular formula is C40H34F3N9O5S. The number of sulfonamides is 1. The molecular weight excluding hydrogens is 776 g/mol. The van der Waals surface area contributed by atoms with Crippen LogP contribution in [-0.4, -0.2) is 64.2 Å². The van der Waals surface area contributed by atoms with Crippen molar-refractivity contribution in [1.29, 1.82) is 5.26 Å². The average molecular weight is 810 g/mol. The smallest absolute Gasteiger partial charge is 0.417 e. The maximum Gasteiger partial charge on any atom is 0.417 e. The normalized spacial score (nSPS) is 11.8. The standard InChI is InChI=1S/C40H34F3N9O5S/c1-55-28-10-4-24(5-11-28)21-51(22-25-6-12-29(56-2)13-7-25)58(53,54)37-33(40(41,42)43)17-16-31(32-18-27(20-44)19-34-36(32)47-39(45)46-34)35(37)38-48-49-50-52(38)23-26-8-14-30(57-3)15-9-26/h4-19H,21-23H2,1-3H3,(H3,45,46,47). The topological polar surface area (TPSA) is 187 Å². The van der Waals surface area contributed by atoms with Gasteiger partial charge in [-0.15, -0.1) is 5.10 Å². The number of ether oxygens (including phenoxy) is 3. The maximum atomic E-state index is 15.5. The molecule has 2 aromatic heterocycles. The van der Waals surface area contributed by atoms with E-state index in [0.717, 1.165) is 10.4 Å². The molecule has 0 aliphatic carbocycles. The Bertz CT molecular complexity index is 2700. The molecule has 0 radical (unpaired) electrons. The first kappa shape index (κ1) is 39.3. The molecule has 0 amide bonds. The number of benzene rings is 5. The van der Waals surface area contributed by atoms with Crippen LogP contribution in [0.4, 0.5) is 19.1 Å². The Morgan fingerprint density at radius 1 is 0.810 bits per heavy atom. The third-order valence-electron chi connectivity index (χ3n) is 9.37. The van der Waals surface area contributed by atoms with Crippen LogP contribution in [0.25, 0.3) is 33.5 Å². The highest BCUT2D eigenvalue weighted by molar-refractivity contribution is 7.89. The van der Waals surface area contributed by atoms with Crippen LogP contribution in [0.5, 0.6) is 17.2 Å². The number of halogens is 3. The minimum atomic E-state index is -5.20. The van der Waals surface area contributed by atoms with Crippen LogP contribution in [0.15, 0.2) is 102 Å². The summed E-state index contributed by atoms with van der Waals surface area (Å²) in [6, 6.07) is 26.5. The molecule has 0 aliphatic rings. The van der Waals surface area contributed by atoms with Crippen molar-refractivity contribution >= 4 is 27.0 Å². The molecule has 7 aromatic rings. The number of aromatic amines is 1. The van der Waals surface area contributed by atoms with E-state index in [0.29, 0.717) is 40.0 Å². The van der Waals surface area contributed by atoms with E-state index in [4.69, 9.17) is 19.9 Å². The Labute approximate surface area is 330 Å². The first-order chi connectivity index (χ1) is 27.8. The lowest BCUT2D eigenvalue weighted by Gasteiger charge is -2.27. The van der Waals surface area contributed by atoms with Crippen molar-refractivity contribution in [2.75, 3.05) is 27.1 Å². The van der Waals surface area contributed by atoms with Gasteiger partial charge in [-0.25, -0.2) is 18.1 Å². The number of nitrogens with zero attached hydrogens (tertiary/aromatic N) is 7. The summed E-state index contributed by atoms with van der Waals surface area (Å²) in [5.74, 6) is 1.21. The Morgan fingerprint density at radius 2 is 1.36 bits per heavy atom. The van der Waals surface area contributed by atoms with Gasteiger partial charge >= 0.3 is 6.18 Å². The number of anilines is 1. The number of alkyl halides is 3. The summed E-state index contributed by atoms with van der Waals surface area (Å²) in [6.07, 6.45) is -5.20. The number of nitrogens with two attached hydrogens (primary N) is 1. The van der Waals surface area contributed by atoms with Gasteiger partial charge in [-0.2, -0.15) is 22.7 Å². The van der Waals surface area contributed by atoms with Gasteiger partial charge in [0.05, 0.1) is 56.1 Å². The van der Waals surface area contributed by atoms with Crippen LogP contribution in [0, 0.1) is 11.3 Å². The number of nitrogen functional groups attached to an aromatic ring is 1. The molecule has 14 nitrogen and oxygen atoms in total. The number of hydrogen-bond donors (Lipinski definition) is 2. The summed E-state index contributed by atoms with van der Waals surface area (Å²) >= 11 is 0. The van der Waals surface area contributed by atoms with Crippen LogP contribution in [-0.2, 0) is 35.8 Å². The molecule has 296 valence electrons. The van der Waals surface area contributed by atoms with Crippen LogP contribution >= 0.6 is 0 Å². The quantitative estimate of drug-likeness (QED) is 0.124. The fourth-order valence-corrected chi connectivity index (χ4v) is 8.36. The highest BCUT2D eigenvalue weighted by Gasteiger charge is 2.43. The van der Waals surface area contributed by atoms with E-state index in [2.05, 4.69) is 25.5 Å². The molecule has 0 spiro atoms. The maximum absolute atomic E-state index is 15.5. The molecule has 3 N–H and O–H groups in total. The van der Waals surface area contributed by atoms with Gasteiger partial charge in [-0.1, -0.05) is 42.5 Å². The van der Waals surface area contributed by atoms with Gasteiger partial charge in [0.2, 0.25) is 10.0 Å². The Balaban J connectivity index is 1.54. The molecule has 5 aromatic carbocycles. The molecule has 0 aliphatic heterocycles. The zero-order chi connectivity index (χ0) is 41.2. The van der Waals surface area contributed by atoms with E-state index in [1.54, 1.807) is 72.8 Å². The fraction of sp³-hybridized carbons (Fsp3) is 0.175. The zero-order valence-electron chi connectivity index (χ0n) is 31.2. The lowest BCUT2D eigenvalue weighted by Crippen LogP contribution is -2.32. The van der Waals surface area contributed by atoms with Crippen molar-refractivity contribution in [1.82, 2.24) is 34.5 Å². The van der Waals surface area contributed by atoms with Crippen molar-refractivity contribution in [3.05, 3.63) is 125 Å². The molecule has 58 heavy (non-hydrogen) atoms. The number of hydrogen-bond acceptors (Lipinski definition) is 11. The Morgan fingerprint density at radius 3 is 1.88 bits per heavy atom. The number of rotatable bonds is 13. The van der Waals surface area contributed by atoms with Gasteiger partial charge in [-0.3, -0.25) is 0 Å². The predicted octanol–water partition coefficient (Wildman–Crippen LogP) is 6.82. The Kier molecular flexibility index (Phi) is 10.8. The highest BCUT2D eigenvalue weighted by atomic mass is 32.2. The van der Waals surface area contributed by atoms with Crippen molar-refractivity contribution in [2.24, 2.45) is 0 Å². The number of imidazole rings is 1. The fourth-order valence-electron chi connectivity index (χ4n) is 6.55. The number of H-pyrrole nitrogens is 1. The van der Waals surface area contributed by atoms with E-state index in [9.17, 15) is 5.26 Å². The summed E-state index contributed by atoms with van der Waals surface area (Å²) in [6.45, 7) is -0.768. The first-order valence-electron chi connectivity index (χ1n) is 17.4. The molecule has 0 saturated carbocycles. The van der Waals surface area contributed by atoms with E-state index < -0.39 is 32.2 Å². The van der Waals surface area contributed by atoms with Gasteiger partial charge in [0.15, 0.2) is 11.8 Å². The number of fused-ring (bicyclic) bond motifs is 1. The molecule has 0 atom stereocenters. The summed E-state index contributed by atoms with van der Waals surface area (Å²) in [5, 5.41) is 22.1. The number of tetrazole rings is 1. The Hall–Kier alpha value is -6.97. The van der Waals surface area contributed by atoms with Crippen LogP contribution in [0.2, 0.25) is 0 Å². The third-order valence-corrected chi connectivity index (χ3v) is 11.3. The second-order valence-corrected chi connectivity index (χ2v) is 14.9. The highest BCUT2D eigenvalue weighted by Crippen LogP contribution is 2.46. The average Bonchev–Trinajstić information content (AvgIpc) is 3.85. The van der Waals surface area contributed by atoms with Crippen molar-refractivity contribution in [2.45, 2.75) is 30.7 Å². The van der Waals surface area contributed by atoms with E-state index in [-0.39, 0.29) is 59.1 Å². The van der Waals surface area contributed by atoms with Gasteiger partial charge < -0.3 is 24.9 Å². The monoisotopic (exact) mass is 809 g/mol. The van der Waals surface area contributed by atoms with Crippen molar-refractivity contribution in [3.8, 4) is 45.8 Å². The predicted molar refractivity (Wildman–Crippen MR) is 207 cm³/mol. The number of aromatic nitrogens is 6. The molecule has 0 fully saturated rings. The van der Waals surface area contributed by atoms with Gasteiger partial charge in [0.25, 0.3) is 0 Å². The molecule has 0 bridgehead atoms. The minimum absolute atomic E-state index is 0.0397. The van der Waals surface area contributed by atoms with Gasteiger partial charge in [0.1, 0.15) is 22.1 Å². The van der Waals surface area contributed by atoms with Crippen LogP contribution in [0.3, 0.4) is 0 Å². The molecule has 0 unspecified atom stereocenters. The van der Waals surface area contributed by atoms with E-state index in [1.165, 1.54) is 38.1 Å². The molecule has 18 heteroatoms. The number of nitriles is 1.